The second kappa shape index (κ2) is 6.66. The number of nitrogens with one attached hydrogen (secondary N) is 1. The van der Waals surface area contributed by atoms with Crippen LogP contribution in [0.1, 0.15) is 26.7 Å². The van der Waals surface area contributed by atoms with Crippen molar-refractivity contribution in [2.75, 3.05) is 6.54 Å². The molecule has 0 bridgehead atoms. The number of hydrogen-bond acceptors (Lipinski definition) is 2. The first-order valence-electron chi connectivity index (χ1n) is 4.71. The molecule has 1 amide bonds. The van der Waals surface area contributed by atoms with Gasteiger partial charge in [0.05, 0.1) is 0 Å². The zero-order valence-electron chi connectivity index (χ0n) is 8.55. The van der Waals surface area contributed by atoms with Gasteiger partial charge >= 0.3 is 0 Å². The summed E-state index contributed by atoms with van der Waals surface area (Å²) in [7, 11) is 0. The van der Waals surface area contributed by atoms with E-state index in [-0.39, 0.29) is 11.9 Å². The van der Waals surface area contributed by atoms with E-state index in [0.717, 1.165) is 6.42 Å². The molecule has 0 rings (SSSR count). The molecule has 0 aliphatic heterocycles. The van der Waals surface area contributed by atoms with Crippen LogP contribution in [0, 0.1) is 5.92 Å². The van der Waals surface area contributed by atoms with E-state index >= 15 is 0 Å². The van der Waals surface area contributed by atoms with Crippen molar-refractivity contribution >= 4 is 5.91 Å². The first kappa shape index (κ1) is 12.2. The average Bonchev–Trinajstić information content (AvgIpc) is 2.10. The predicted molar refractivity (Wildman–Crippen MR) is 55.3 cm³/mol. The summed E-state index contributed by atoms with van der Waals surface area (Å²) in [5.74, 6) is 0.454. The normalized spacial score (nSPS) is 12.6. The van der Waals surface area contributed by atoms with Gasteiger partial charge in [0.1, 0.15) is 0 Å². The van der Waals surface area contributed by atoms with Gasteiger partial charge in [0.2, 0.25) is 5.91 Å². The van der Waals surface area contributed by atoms with Crippen molar-refractivity contribution in [2.45, 2.75) is 32.7 Å². The molecule has 3 N–H and O–H groups in total. The Bertz CT molecular complexity index is 166. The van der Waals surface area contributed by atoms with Gasteiger partial charge in [-0.3, -0.25) is 4.79 Å². The number of carbonyl (C=O) groups is 1. The summed E-state index contributed by atoms with van der Waals surface area (Å²) in [4.78, 5) is 11.1. The van der Waals surface area contributed by atoms with Crippen LogP contribution in [-0.4, -0.2) is 18.5 Å². The minimum Gasteiger partial charge on any atom is -0.355 e. The van der Waals surface area contributed by atoms with E-state index in [4.69, 9.17) is 5.73 Å². The van der Waals surface area contributed by atoms with E-state index in [9.17, 15) is 4.79 Å². The van der Waals surface area contributed by atoms with Crippen LogP contribution in [0.5, 0.6) is 0 Å². The molecule has 0 aromatic rings. The third-order valence-electron chi connectivity index (χ3n) is 1.97. The van der Waals surface area contributed by atoms with Crippen molar-refractivity contribution < 1.29 is 4.79 Å². The Morgan fingerprint density at radius 2 is 2.23 bits per heavy atom. The highest BCUT2D eigenvalue weighted by molar-refractivity contribution is 5.75. The maximum absolute atomic E-state index is 11.1. The van der Waals surface area contributed by atoms with Gasteiger partial charge < -0.3 is 11.1 Å². The molecule has 0 aromatic heterocycles. The summed E-state index contributed by atoms with van der Waals surface area (Å²) in [5, 5.41) is 2.79. The van der Waals surface area contributed by atoms with Gasteiger partial charge in [-0.1, -0.05) is 19.9 Å². The van der Waals surface area contributed by atoms with Gasteiger partial charge in [-0.05, 0) is 12.3 Å². The molecule has 13 heavy (non-hydrogen) atoms. The van der Waals surface area contributed by atoms with E-state index < -0.39 is 0 Å². The van der Waals surface area contributed by atoms with Crippen LogP contribution < -0.4 is 11.1 Å². The number of nitrogens with two attached hydrogens (primary N) is 1. The molecule has 0 aliphatic rings. The van der Waals surface area contributed by atoms with Crippen molar-refractivity contribution in [3.63, 3.8) is 0 Å². The standard InChI is InChI=1S/C10H20N2O/c1-4-5-6-10(13)12-7-9(11)8(2)3/h4,8-9H,1,5-7,11H2,2-3H3,(H,12,13). The lowest BCUT2D eigenvalue weighted by Gasteiger charge is -2.15. The Morgan fingerprint density at radius 1 is 1.62 bits per heavy atom. The Kier molecular flexibility index (Phi) is 6.24. The quantitative estimate of drug-likeness (QED) is 0.606. The molecule has 0 saturated carbocycles. The number of rotatable bonds is 6. The zero-order chi connectivity index (χ0) is 10.3. The lowest BCUT2D eigenvalue weighted by Crippen LogP contribution is -2.40. The molecular formula is C10H20N2O. The smallest absolute Gasteiger partial charge is 0.220 e. The Hall–Kier alpha value is -0.830. The number of carbonyl (C=O) groups excluding carboxylic acids is 1. The van der Waals surface area contributed by atoms with Crippen LogP contribution in [0.3, 0.4) is 0 Å². The van der Waals surface area contributed by atoms with Crippen LogP contribution in [0.4, 0.5) is 0 Å². The summed E-state index contributed by atoms with van der Waals surface area (Å²) in [6.45, 7) is 8.20. The Balaban J connectivity index is 3.51. The largest absolute Gasteiger partial charge is 0.355 e. The van der Waals surface area contributed by atoms with Crippen LogP contribution in [-0.2, 0) is 4.79 Å². The molecule has 3 nitrogen and oxygen atoms in total. The highest BCUT2D eigenvalue weighted by atomic mass is 16.1. The summed E-state index contributed by atoms with van der Waals surface area (Å²) in [6.07, 6.45) is 2.97. The van der Waals surface area contributed by atoms with Crippen LogP contribution in [0.25, 0.3) is 0 Å². The minimum atomic E-state index is 0.0488. The Morgan fingerprint density at radius 3 is 2.69 bits per heavy atom. The van der Waals surface area contributed by atoms with E-state index in [2.05, 4.69) is 11.9 Å². The molecule has 0 spiro atoms. The SMILES string of the molecule is C=CCCC(=O)NCC(N)C(C)C. The summed E-state index contributed by atoms with van der Waals surface area (Å²) in [5.41, 5.74) is 5.76. The molecule has 0 aliphatic carbocycles. The van der Waals surface area contributed by atoms with Gasteiger partial charge in [-0.15, -0.1) is 6.58 Å². The molecule has 76 valence electrons. The molecule has 0 radical (unpaired) electrons. The Labute approximate surface area is 80.4 Å². The first-order valence-corrected chi connectivity index (χ1v) is 4.71. The summed E-state index contributed by atoms with van der Waals surface area (Å²) in [6, 6.07) is 0.0488. The molecule has 1 unspecified atom stereocenters. The maximum Gasteiger partial charge on any atom is 0.220 e. The zero-order valence-corrected chi connectivity index (χ0v) is 8.55. The van der Waals surface area contributed by atoms with Crippen LogP contribution in [0.15, 0.2) is 12.7 Å². The molecule has 0 heterocycles. The molecule has 3 heteroatoms. The maximum atomic E-state index is 11.1. The van der Waals surface area contributed by atoms with Crippen LogP contribution in [0.2, 0.25) is 0 Å². The van der Waals surface area contributed by atoms with Crippen molar-refractivity contribution in [1.82, 2.24) is 5.32 Å². The van der Waals surface area contributed by atoms with Crippen molar-refractivity contribution in [3.05, 3.63) is 12.7 Å². The fourth-order valence-corrected chi connectivity index (χ4v) is 0.789. The van der Waals surface area contributed by atoms with Gasteiger partial charge in [-0.2, -0.15) is 0 Å². The minimum absolute atomic E-state index is 0.0488. The van der Waals surface area contributed by atoms with Crippen molar-refractivity contribution in [3.8, 4) is 0 Å². The van der Waals surface area contributed by atoms with E-state index in [1.807, 2.05) is 13.8 Å². The van der Waals surface area contributed by atoms with Crippen molar-refractivity contribution in [1.29, 1.82) is 0 Å². The molecule has 0 saturated heterocycles. The summed E-state index contributed by atoms with van der Waals surface area (Å²) >= 11 is 0. The second-order valence-electron chi connectivity index (χ2n) is 3.54. The third kappa shape index (κ3) is 6.34. The molecular weight excluding hydrogens is 164 g/mol. The second-order valence-corrected chi connectivity index (χ2v) is 3.54. The number of allylic oxidation sites excluding steroid dienone is 1. The molecule has 0 fully saturated rings. The van der Waals surface area contributed by atoms with E-state index in [0.29, 0.717) is 18.9 Å². The summed E-state index contributed by atoms with van der Waals surface area (Å²) < 4.78 is 0. The van der Waals surface area contributed by atoms with Gasteiger partial charge in [0, 0.05) is 19.0 Å². The topological polar surface area (TPSA) is 55.1 Å². The number of hydrogen-bond donors (Lipinski definition) is 2. The highest BCUT2D eigenvalue weighted by Crippen LogP contribution is 1.96. The van der Waals surface area contributed by atoms with Gasteiger partial charge in [0.25, 0.3) is 0 Å². The van der Waals surface area contributed by atoms with Gasteiger partial charge in [-0.25, -0.2) is 0 Å². The average molecular weight is 184 g/mol. The van der Waals surface area contributed by atoms with Crippen molar-refractivity contribution in [2.24, 2.45) is 11.7 Å². The number of amides is 1. The first-order chi connectivity index (χ1) is 6.07. The predicted octanol–water partition coefficient (Wildman–Crippen LogP) is 1.05. The molecule has 0 aromatic carbocycles. The van der Waals surface area contributed by atoms with Crippen LogP contribution >= 0.6 is 0 Å². The fourth-order valence-electron chi connectivity index (χ4n) is 0.789. The monoisotopic (exact) mass is 184 g/mol. The third-order valence-corrected chi connectivity index (χ3v) is 1.97. The lowest BCUT2D eigenvalue weighted by atomic mass is 10.1. The van der Waals surface area contributed by atoms with E-state index in [1.165, 1.54) is 0 Å². The van der Waals surface area contributed by atoms with E-state index in [1.54, 1.807) is 6.08 Å². The van der Waals surface area contributed by atoms with Gasteiger partial charge in [0.15, 0.2) is 0 Å². The fraction of sp³-hybridized carbons (Fsp3) is 0.700. The molecule has 1 atom stereocenters. The highest BCUT2D eigenvalue weighted by Gasteiger charge is 2.08. The lowest BCUT2D eigenvalue weighted by molar-refractivity contribution is -0.121.